The van der Waals surface area contributed by atoms with E-state index in [1.165, 1.54) is 0 Å². The van der Waals surface area contributed by atoms with Crippen molar-refractivity contribution in [3.05, 3.63) is 0 Å². The van der Waals surface area contributed by atoms with Crippen LogP contribution in [-0.4, -0.2) is 17.4 Å². The van der Waals surface area contributed by atoms with E-state index in [1.807, 2.05) is 6.92 Å². The molecule has 0 radical (unpaired) electrons. The summed E-state index contributed by atoms with van der Waals surface area (Å²) < 4.78 is 4.81. The first kappa shape index (κ1) is 11.0. The zero-order chi connectivity index (χ0) is 8.69. The Labute approximate surface area is 76.4 Å². The van der Waals surface area contributed by atoms with Gasteiger partial charge in [0.2, 0.25) is 0 Å². The van der Waals surface area contributed by atoms with E-state index in [2.05, 4.69) is 22.9 Å². The summed E-state index contributed by atoms with van der Waals surface area (Å²) in [5.74, 6) is -0.138. The van der Waals surface area contributed by atoms with E-state index in [4.69, 9.17) is 4.74 Å². The number of halogens is 1. The number of hydrogen-bond donors (Lipinski definition) is 0. The van der Waals surface area contributed by atoms with Gasteiger partial charge in [-0.1, -0.05) is 35.7 Å². The summed E-state index contributed by atoms with van der Waals surface area (Å²) in [6.45, 7) is 4.38. The molecule has 0 aliphatic carbocycles. The fourth-order valence-corrected chi connectivity index (χ4v) is 1.19. The molecule has 0 aliphatic rings. The molecule has 0 N–H and O–H groups in total. The van der Waals surface area contributed by atoms with Gasteiger partial charge in [0.1, 0.15) is 4.83 Å². The van der Waals surface area contributed by atoms with Crippen molar-refractivity contribution in [2.24, 2.45) is 0 Å². The summed E-state index contributed by atoms with van der Waals surface area (Å²) in [4.78, 5) is 10.9. The zero-order valence-corrected chi connectivity index (χ0v) is 8.69. The zero-order valence-electron chi connectivity index (χ0n) is 7.10. The molecule has 0 spiro atoms. The fraction of sp³-hybridized carbons (Fsp3) is 0.875. The normalized spacial score (nSPS) is 12.6. The first-order valence-corrected chi connectivity index (χ1v) is 4.94. The van der Waals surface area contributed by atoms with Crippen molar-refractivity contribution in [1.82, 2.24) is 0 Å². The van der Waals surface area contributed by atoms with Crippen LogP contribution in [0.4, 0.5) is 0 Å². The molecule has 3 heteroatoms. The van der Waals surface area contributed by atoms with Gasteiger partial charge >= 0.3 is 5.97 Å². The minimum Gasteiger partial charge on any atom is -0.465 e. The second kappa shape index (κ2) is 6.65. The van der Waals surface area contributed by atoms with E-state index in [0.717, 1.165) is 19.3 Å². The number of ether oxygens (including phenoxy) is 1. The number of unbranched alkanes of at least 4 members (excludes halogenated alkanes) is 1. The van der Waals surface area contributed by atoms with E-state index < -0.39 is 0 Å². The van der Waals surface area contributed by atoms with Crippen LogP contribution in [0.3, 0.4) is 0 Å². The van der Waals surface area contributed by atoms with Gasteiger partial charge < -0.3 is 4.74 Å². The molecule has 0 aromatic carbocycles. The third-order valence-corrected chi connectivity index (χ3v) is 2.19. The van der Waals surface area contributed by atoms with Gasteiger partial charge in [0.05, 0.1) is 6.61 Å². The number of rotatable bonds is 5. The fourth-order valence-electron chi connectivity index (χ4n) is 0.734. The molecule has 0 fully saturated rings. The molecule has 11 heavy (non-hydrogen) atoms. The average molecular weight is 223 g/mol. The maximum Gasteiger partial charge on any atom is 0.319 e. The van der Waals surface area contributed by atoms with Gasteiger partial charge in [-0.25, -0.2) is 0 Å². The largest absolute Gasteiger partial charge is 0.465 e. The number of alkyl halides is 1. The maximum absolute atomic E-state index is 11.0. The van der Waals surface area contributed by atoms with Crippen LogP contribution in [0.1, 0.15) is 33.1 Å². The number of carbonyl (C=O) groups excluding carboxylic acids is 1. The lowest BCUT2D eigenvalue weighted by Crippen LogP contribution is -2.16. The monoisotopic (exact) mass is 222 g/mol. The summed E-state index contributed by atoms with van der Waals surface area (Å²) in [6, 6.07) is 0. The van der Waals surface area contributed by atoms with E-state index in [9.17, 15) is 4.79 Å². The van der Waals surface area contributed by atoms with Gasteiger partial charge in [-0.05, 0) is 13.3 Å². The highest BCUT2D eigenvalue weighted by Crippen LogP contribution is 2.11. The third kappa shape index (κ3) is 5.24. The lowest BCUT2D eigenvalue weighted by Gasteiger charge is -2.06. The maximum atomic E-state index is 11.0. The van der Waals surface area contributed by atoms with Crippen molar-refractivity contribution < 1.29 is 9.53 Å². The van der Waals surface area contributed by atoms with Crippen LogP contribution in [0.5, 0.6) is 0 Å². The molecule has 0 aromatic heterocycles. The Morgan fingerprint density at radius 1 is 1.55 bits per heavy atom. The Kier molecular flexibility index (Phi) is 6.62. The Bertz CT molecular complexity index is 115. The quantitative estimate of drug-likeness (QED) is 0.528. The van der Waals surface area contributed by atoms with Gasteiger partial charge in [0.25, 0.3) is 0 Å². The number of esters is 1. The minimum absolute atomic E-state index is 0.109. The standard InChI is InChI=1S/C8H15BrO2/c1-3-5-6-7(9)8(10)11-4-2/h7H,3-6H2,1-2H3/t7-/m0/s1. The Hall–Kier alpha value is -0.0500. The van der Waals surface area contributed by atoms with Gasteiger partial charge in [-0.15, -0.1) is 0 Å². The third-order valence-electron chi connectivity index (χ3n) is 1.35. The van der Waals surface area contributed by atoms with Gasteiger partial charge in [0.15, 0.2) is 0 Å². The van der Waals surface area contributed by atoms with Crippen LogP contribution >= 0.6 is 15.9 Å². The van der Waals surface area contributed by atoms with Crippen LogP contribution in [0.15, 0.2) is 0 Å². The Morgan fingerprint density at radius 3 is 2.64 bits per heavy atom. The van der Waals surface area contributed by atoms with Crippen molar-refractivity contribution in [2.75, 3.05) is 6.61 Å². The van der Waals surface area contributed by atoms with Crippen molar-refractivity contribution in [3.63, 3.8) is 0 Å². The molecule has 1 atom stereocenters. The molecular formula is C8H15BrO2. The summed E-state index contributed by atoms with van der Waals surface area (Å²) in [7, 11) is 0. The molecule has 0 aromatic rings. The topological polar surface area (TPSA) is 26.3 Å². The minimum atomic E-state index is -0.138. The molecule has 0 unspecified atom stereocenters. The van der Waals surface area contributed by atoms with E-state index in [-0.39, 0.29) is 10.8 Å². The smallest absolute Gasteiger partial charge is 0.319 e. The van der Waals surface area contributed by atoms with Crippen LogP contribution < -0.4 is 0 Å². The van der Waals surface area contributed by atoms with Crippen molar-refractivity contribution >= 4 is 21.9 Å². The first-order valence-electron chi connectivity index (χ1n) is 4.03. The first-order chi connectivity index (χ1) is 5.22. The van der Waals surface area contributed by atoms with Gasteiger partial charge in [-0.2, -0.15) is 0 Å². The molecule has 0 heterocycles. The molecule has 66 valence electrons. The van der Waals surface area contributed by atoms with Crippen molar-refractivity contribution in [1.29, 1.82) is 0 Å². The molecule has 0 bridgehead atoms. The Morgan fingerprint density at radius 2 is 2.18 bits per heavy atom. The molecule has 0 saturated heterocycles. The van der Waals surface area contributed by atoms with E-state index >= 15 is 0 Å². The number of hydrogen-bond acceptors (Lipinski definition) is 2. The van der Waals surface area contributed by atoms with Crippen molar-refractivity contribution in [3.8, 4) is 0 Å². The molecule has 0 saturated carbocycles. The van der Waals surface area contributed by atoms with Crippen LogP contribution in [0.25, 0.3) is 0 Å². The number of carbonyl (C=O) groups is 1. The highest BCUT2D eigenvalue weighted by molar-refractivity contribution is 9.10. The summed E-state index contributed by atoms with van der Waals surface area (Å²) in [5.41, 5.74) is 0. The van der Waals surface area contributed by atoms with Crippen LogP contribution in [-0.2, 0) is 9.53 Å². The lowest BCUT2D eigenvalue weighted by atomic mass is 10.2. The average Bonchev–Trinajstić information content (AvgIpc) is 2.00. The van der Waals surface area contributed by atoms with Crippen LogP contribution in [0.2, 0.25) is 0 Å². The molecule has 0 aliphatic heterocycles. The second-order valence-corrected chi connectivity index (χ2v) is 3.47. The second-order valence-electron chi connectivity index (χ2n) is 2.36. The predicted octanol–water partition coefficient (Wildman–Crippen LogP) is 2.50. The lowest BCUT2D eigenvalue weighted by molar-refractivity contribution is -0.142. The van der Waals surface area contributed by atoms with E-state index in [1.54, 1.807) is 0 Å². The van der Waals surface area contributed by atoms with Gasteiger partial charge in [-0.3, -0.25) is 4.79 Å². The Balaban J connectivity index is 3.46. The molecule has 2 nitrogen and oxygen atoms in total. The van der Waals surface area contributed by atoms with Gasteiger partial charge in [0, 0.05) is 0 Å². The highest BCUT2D eigenvalue weighted by Gasteiger charge is 2.14. The summed E-state index contributed by atoms with van der Waals surface area (Å²) in [6.07, 6.45) is 3.05. The summed E-state index contributed by atoms with van der Waals surface area (Å²) in [5, 5.41) is 0. The highest BCUT2D eigenvalue weighted by atomic mass is 79.9. The van der Waals surface area contributed by atoms with Crippen molar-refractivity contribution in [2.45, 2.75) is 37.9 Å². The molecule has 0 amide bonds. The summed E-state index contributed by atoms with van der Waals surface area (Å²) >= 11 is 3.27. The molecular weight excluding hydrogens is 208 g/mol. The van der Waals surface area contributed by atoms with E-state index in [0.29, 0.717) is 6.61 Å². The van der Waals surface area contributed by atoms with Crippen LogP contribution in [0, 0.1) is 0 Å². The molecule has 0 rings (SSSR count). The predicted molar refractivity (Wildman–Crippen MR) is 48.9 cm³/mol. The SMILES string of the molecule is CCCC[C@H](Br)C(=O)OCC.